The van der Waals surface area contributed by atoms with E-state index in [2.05, 4.69) is 4.31 Å². The number of nitrogens with zero attached hydrogens (tertiary/aromatic N) is 2. The largest absolute Gasteiger partial charge is 0.387 e. The zero-order valence-corrected chi connectivity index (χ0v) is 18.9. The van der Waals surface area contributed by atoms with Crippen LogP contribution < -0.4 is 11.2 Å². The van der Waals surface area contributed by atoms with Crippen molar-refractivity contribution in [3.63, 3.8) is 0 Å². The standard InChI is InChI=1S/C18H20F2N2O9P2/c1-33(28,31-32-27)29-9-12-14(24)15(25)16(30-12)21-8-7-13(23)22(17(21)26)10-18(19,20)11-5-3-2-4-6-11/h2-8,12,14-16,24-25H,9-10H2,1H3. The van der Waals surface area contributed by atoms with Crippen molar-refractivity contribution in [1.29, 1.82) is 0 Å². The quantitative estimate of drug-likeness (QED) is 0.481. The van der Waals surface area contributed by atoms with E-state index in [1.54, 1.807) is 0 Å². The van der Waals surface area contributed by atoms with Crippen molar-refractivity contribution in [3.8, 4) is 0 Å². The van der Waals surface area contributed by atoms with Gasteiger partial charge in [-0.25, -0.2) is 13.7 Å². The summed E-state index contributed by atoms with van der Waals surface area (Å²) in [6, 6.07) is 7.46. The lowest BCUT2D eigenvalue weighted by Crippen LogP contribution is -2.45. The van der Waals surface area contributed by atoms with Gasteiger partial charge in [0.05, 0.1) is 13.2 Å². The number of alkyl halides is 2. The molecule has 33 heavy (non-hydrogen) atoms. The lowest BCUT2D eigenvalue weighted by atomic mass is 10.1. The maximum Gasteiger partial charge on any atom is 0.338 e. The summed E-state index contributed by atoms with van der Waals surface area (Å²) in [6.45, 7) is -0.822. The fraction of sp³-hybridized carbons (Fsp3) is 0.444. The van der Waals surface area contributed by atoms with Crippen LogP contribution in [0.15, 0.2) is 52.2 Å². The van der Waals surface area contributed by atoms with E-state index in [1.165, 1.54) is 18.2 Å². The van der Waals surface area contributed by atoms with Gasteiger partial charge in [-0.05, 0) is 0 Å². The number of aliphatic hydroxyl groups is 2. The van der Waals surface area contributed by atoms with Crippen LogP contribution in [0.2, 0.25) is 0 Å². The molecule has 2 N–H and O–H groups in total. The van der Waals surface area contributed by atoms with Crippen LogP contribution in [0, 0.1) is 0 Å². The molecule has 0 aliphatic carbocycles. The molecule has 2 heterocycles. The van der Waals surface area contributed by atoms with E-state index < -0.39 is 76.7 Å². The molecule has 3 rings (SSSR count). The van der Waals surface area contributed by atoms with Crippen LogP contribution in [0.4, 0.5) is 8.78 Å². The maximum absolute atomic E-state index is 14.7. The summed E-state index contributed by atoms with van der Waals surface area (Å²) in [7, 11) is -4.65. The van der Waals surface area contributed by atoms with E-state index >= 15 is 0 Å². The smallest absolute Gasteiger partial charge is 0.338 e. The molecule has 1 aliphatic rings. The first-order valence-corrected chi connectivity index (χ1v) is 12.2. The number of benzene rings is 1. The van der Waals surface area contributed by atoms with Gasteiger partial charge < -0.3 is 19.5 Å². The van der Waals surface area contributed by atoms with Crippen LogP contribution in [0.1, 0.15) is 11.8 Å². The summed E-state index contributed by atoms with van der Waals surface area (Å²) in [5, 5.41) is 20.5. The Morgan fingerprint density at radius 3 is 2.48 bits per heavy atom. The normalized spacial score (nSPS) is 25.2. The number of aromatic nitrogens is 2. The minimum atomic E-state index is -3.75. The highest BCUT2D eigenvalue weighted by Gasteiger charge is 2.45. The molecule has 180 valence electrons. The lowest BCUT2D eigenvalue weighted by Gasteiger charge is -2.21. The Labute approximate surface area is 187 Å². The Hall–Kier alpha value is -2.11. The van der Waals surface area contributed by atoms with Crippen molar-refractivity contribution < 1.29 is 41.7 Å². The minimum Gasteiger partial charge on any atom is -0.387 e. The highest BCUT2D eigenvalue weighted by molar-refractivity contribution is 7.57. The second-order valence-corrected chi connectivity index (χ2v) is 9.87. The third-order valence-electron chi connectivity index (χ3n) is 4.91. The molecule has 0 bridgehead atoms. The first-order valence-electron chi connectivity index (χ1n) is 9.47. The number of aliphatic hydroxyl groups excluding tert-OH is 2. The Bertz CT molecular complexity index is 1160. The molecule has 1 saturated heterocycles. The topological polar surface area (TPSA) is 146 Å². The van der Waals surface area contributed by atoms with Crippen LogP contribution in [-0.2, 0) is 35.2 Å². The second-order valence-electron chi connectivity index (χ2n) is 7.27. The molecule has 15 heteroatoms. The molecule has 0 amide bonds. The number of rotatable bonds is 9. The van der Waals surface area contributed by atoms with E-state index in [0.717, 1.165) is 31.1 Å². The molecule has 1 aliphatic heterocycles. The van der Waals surface area contributed by atoms with Gasteiger partial charge in [0.1, 0.15) is 18.3 Å². The van der Waals surface area contributed by atoms with Gasteiger partial charge in [-0.1, -0.05) is 30.3 Å². The average molecular weight is 508 g/mol. The molecular weight excluding hydrogens is 488 g/mol. The predicted molar refractivity (Wildman–Crippen MR) is 109 cm³/mol. The summed E-state index contributed by atoms with van der Waals surface area (Å²) >= 11 is 0. The Morgan fingerprint density at radius 1 is 1.18 bits per heavy atom. The molecule has 5 atom stereocenters. The summed E-state index contributed by atoms with van der Waals surface area (Å²) in [5.74, 6) is -3.56. The summed E-state index contributed by atoms with van der Waals surface area (Å²) < 4.78 is 67.4. The van der Waals surface area contributed by atoms with Gasteiger partial charge >= 0.3 is 22.0 Å². The van der Waals surface area contributed by atoms with E-state index in [4.69, 9.17) is 9.26 Å². The lowest BCUT2D eigenvalue weighted by molar-refractivity contribution is -0.0551. The van der Waals surface area contributed by atoms with Gasteiger partial charge in [0, 0.05) is 24.5 Å². The fourth-order valence-corrected chi connectivity index (χ4v) is 4.32. The summed E-state index contributed by atoms with van der Waals surface area (Å²) in [5.41, 5.74) is -2.61. The SMILES string of the molecule is CP(=O)(OCC1OC(n2ccc(=O)n(CC(F)(F)c3ccccc3)c2=O)C(O)C1O)OP=O. The summed E-state index contributed by atoms with van der Waals surface area (Å²) in [4.78, 5) is 25.0. The highest BCUT2D eigenvalue weighted by atomic mass is 31.2. The van der Waals surface area contributed by atoms with Gasteiger partial charge in [0.2, 0.25) is 0 Å². The Morgan fingerprint density at radius 2 is 1.85 bits per heavy atom. The Balaban J connectivity index is 1.85. The molecule has 11 nitrogen and oxygen atoms in total. The summed E-state index contributed by atoms with van der Waals surface area (Å²) in [6.07, 6.45) is -5.27. The number of hydrogen-bond donors (Lipinski definition) is 2. The van der Waals surface area contributed by atoms with Crippen LogP contribution in [0.3, 0.4) is 0 Å². The molecule has 1 fully saturated rings. The van der Waals surface area contributed by atoms with Crippen molar-refractivity contribution in [2.24, 2.45) is 0 Å². The highest BCUT2D eigenvalue weighted by Crippen LogP contribution is 2.48. The number of hydrogen-bond acceptors (Lipinski definition) is 9. The van der Waals surface area contributed by atoms with Crippen molar-refractivity contribution >= 4 is 16.3 Å². The van der Waals surface area contributed by atoms with Crippen LogP contribution >= 0.6 is 16.3 Å². The van der Waals surface area contributed by atoms with Gasteiger partial charge in [0.15, 0.2) is 6.23 Å². The first-order chi connectivity index (χ1) is 15.5. The van der Waals surface area contributed by atoms with Gasteiger partial charge in [-0.2, -0.15) is 8.78 Å². The molecule has 0 saturated carbocycles. The molecular formula is C18H20F2N2O9P2. The van der Waals surface area contributed by atoms with Crippen LogP contribution in [0.5, 0.6) is 0 Å². The van der Waals surface area contributed by atoms with Crippen LogP contribution in [-0.4, -0.2) is 50.9 Å². The number of ether oxygens (including phenoxy) is 1. The first kappa shape index (κ1) is 25.5. The third-order valence-corrected chi connectivity index (χ3v) is 6.99. The van der Waals surface area contributed by atoms with Gasteiger partial charge in [0.25, 0.3) is 11.5 Å². The minimum absolute atomic E-state index is 0.292. The molecule has 2 aromatic rings. The molecule has 1 aromatic heterocycles. The third kappa shape index (κ3) is 5.70. The zero-order chi connectivity index (χ0) is 24.4. The van der Waals surface area contributed by atoms with Crippen molar-refractivity contribution in [2.75, 3.05) is 13.3 Å². The average Bonchev–Trinajstić information content (AvgIpc) is 3.04. The second kappa shape index (κ2) is 10.0. The molecule has 1 aromatic carbocycles. The Kier molecular flexibility index (Phi) is 7.75. The molecule has 0 spiro atoms. The van der Waals surface area contributed by atoms with Crippen molar-refractivity contribution in [1.82, 2.24) is 9.13 Å². The zero-order valence-electron chi connectivity index (χ0n) is 17.1. The van der Waals surface area contributed by atoms with Gasteiger partial charge in [-0.3, -0.25) is 18.5 Å². The van der Waals surface area contributed by atoms with Gasteiger partial charge in [-0.15, -0.1) is 0 Å². The van der Waals surface area contributed by atoms with E-state index in [9.17, 15) is 37.7 Å². The monoisotopic (exact) mass is 508 g/mol. The van der Waals surface area contributed by atoms with E-state index in [1.807, 2.05) is 0 Å². The van der Waals surface area contributed by atoms with E-state index in [0.29, 0.717) is 9.13 Å². The predicted octanol–water partition coefficient (Wildman–Crippen LogP) is 1.48. The maximum atomic E-state index is 14.7. The van der Waals surface area contributed by atoms with E-state index in [-0.39, 0.29) is 0 Å². The van der Waals surface area contributed by atoms with Crippen molar-refractivity contribution in [2.45, 2.75) is 37.0 Å². The van der Waals surface area contributed by atoms with Crippen LogP contribution in [0.25, 0.3) is 0 Å². The molecule has 5 unspecified atom stereocenters. The van der Waals surface area contributed by atoms with Crippen molar-refractivity contribution in [3.05, 3.63) is 69.0 Å². The fourth-order valence-electron chi connectivity index (χ4n) is 3.23. The molecule has 0 radical (unpaired) electrons. The number of halogens is 2.